The average Bonchev–Trinajstić information content (AvgIpc) is 2.95. The molecule has 0 spiro atoms. The molecule has 4 heteroatoms. The van der Waals surface area contributed by atoms with Crippen molar-refractivity contribution >= 4 is 34.2 Å². The van der Waals surface area contributed by atoms with E-state index in [9.17, 15) is 4.79 Å². The van der Waals surface area contributed by atoms with E-state index in [1.54, 1.807) is 11.8 Å². The number of hydrogen-bond donors (Lipinski definition) is 0. The molecule has 23 heavy (non-hydrogen) atoms. The first-order valence-corrected chi connectivity index (χ1v) is 9.20. The van der Waals surface area contributed by atoms with E-state index >= 15 is 0 Å². The number of aryl methyl sites for hydroxylation is 1. The lowest BCUT2D eigenvalue weighted by Crippen LogP contribution is -2.40. The van der Waals surface area contributed by atoms with Gasteiger partial charge in [-0.1, -0.05) is 84.6 Å². The van der Waals surface area contributed by atoms with Crippen molar-refractivity contribution in [2.75, 3.05) is 5.75 Å². The molecular weight excluding hydrogens is 322 g/mol. The Morgan fingerprint density at radius 3 is 2.30 bits per heavy atom. The van der Waals surface area contributed by atoms with E-state index in [4.69, 9.17) is 12.2 Å². The Morgan fingerprint density at radius 1 is 1.04 bits per heavy atom. The number of hydrogen-bond acceptors (Lipinski definition) is 3. The SMILES string of the molecule is O=C(CCc1ccccc1)N1C(=S)SC[C@@H]1Cc1ccccc1. The van der Waals surface area contributed by atoms with Crippen molar-refractivity contribution < 1.29 is 4.79 Å². The summed E-state index contributed by atoms with van der Waals surface area (Å²) in [5.74, 6) is 1.04. The van der Waals surface area contributed by atoms with Crippen molar-refractivity contribution in [2.45, 2.75) is 25.3 Å². The number of rotatable bonds is 5. The van der Waals surface area contributed by atoms with Crippen molar-refractivity contribution in [3.05, 3.63) is 71.8 Å². The second kappa shape index (κ2) is 7.75. The van der Waals surface area contributed by atoms with Gasteiger partial charge >= 0.3 is 0 Å². The molecule has 2 aromatic rings. The summed E-state index contributed by atoms with van der Waals surface area (Å²) in [7, 11) is 0. The third kappa shape index (κ3) is 4.21. The Morgan fingerprint density at radius 2 is 1.65 bits per heavy atom. The maximum Gasteiger partial charge on any atom is 0.228 e. The standard InChI is InChI=1S/C19H19NOS2/c21-18(12-11-15-7-3-1-4-8-15)20-17(14-23-19(20)22)13-16-9-5-2-6-10-16/h1-10,17H,11-14H2/t17-/m0/s1. The average molecular weight is 342 g/mol. The molecule has 3 rings (SSSR count). The van der Waals surface area contributed by atoms with Crippen LogP contribution in [0.25, 0.3) is 0 Å². The zero-order valence-corrected chi connectivity index (χ0v) is 14.5. The van der Waals surface area contributed by atoms with E-state index in [1.165, 1.54) is 11.1 Å². The number of thioether (sulfide) groups is 1. The number of carbonyl (C=O) groups excluding carboxylic acids is 1. The van der Waals surface area contributed by atoms with E-state index in [-0.39, 0.29) is 11.9 Å². The van der Waals surface area contributed by atoms with Gasteiger partial charge in [0.1, 0.15) is 4.32 Å². The van der Waals surface area contributed by atoms with Gasteiger partial charge in [-0.25, -0.2) is 0 Å². The third-order valence-corrected chi connectivity index (χ3v) is 5.56. The van der Waals surface area contributed by atoms with Gasteiger partial charge in [-0.3, -0.25) is 9.69 Å². The predicted molar refractivity (Wildman–Crippen MR) is 101 cm³/mol. The maximum atomic E-state index is 12.7. The molecule has 0 unspecified atom stereocenters. The lowest BCUT2D eigenvalue weighted by Gasteiger charge is -2.23. The summed E-state index contributed by atoms with van der Waals surface area (Å²) in [5.41, 5.74) is 2.45. The highest BCUT2D eigenvalue weighted by molar-refractivity contribution is 8.23. The van der Waals surface area contributed by atoms with Crippen LogP contribution in [-0.2, 0) is 17.6 Å². The Kier molecular flexibility index (Phi) is 5.47. The molecule has 1 fully saturated rings. The largest absolute Gasteiger partial charge is 0.293 e. The van der Waals surface area contributed by atoms with Gasteiger partial charge in [0.05, 0.1) is 6.04 Å². The summed E-state index contributed by atoms with van der Waals surface area (Å²) < 4.78 is 0.726. The molecule has 1 saturated heterocycles. The molecule has 1 heterocycles. The molecule has 1 atom stereocenters. The third-order valence-electron chi connectivity index (χ3n) is 4.01. The van der Waals surface area contributed by atoms with E-state index in [0.29, 0.717) is 6.42 Å². The molecule has 0 bridgehead atoms. The van der Waals surface area contributed by atoms with Crippen LogP contribution in [0.5, 0.6) is 0 Å². The van der Waals surface area contributed by atoms with Crippen LogP contribution in [0.4, 0.5) is 0 Å². The minimum Gasteiger partial charge on any atom is -0.293 e. The topological polar surface area (TPSA) is 20.3 Å². The second-order valence-electron chi connectivity index (χ2n) is 5.67. The Bertz CT molecular complexity index is 672. The van der Waals surface area contributed by atoms with Gasteiger partial charge in [-0.2, -0.15) is 0 Å². The van der Waals surface area contributed by atoms with Crippen molar-refractivity contribution in [1.82, 2.24) is 4.90 Å². The van der Waals surface area contributed by atoms with Crippen molar-refractivity contribution in [2.24, 2.45) is 0 Å². The normalized spacial score (nSPS) is 17.5. The first-order valence-electron chi connectivity index (χ1n) is 7.80. The van der Waals surface area contributed by atoms with Gasteiger partial charge < -0.3 is 0 Å². The highest BCUT2D eigenvalue weighted by Crippen LogP contribution is 2.27. The van der Waals surface area contributed by atoms with Gasteiger partial charge in [0.25, 0.3) is 0 Å². The van der Waals surface area contributed by atoms with Crippen LogP contribution in [0.15, 0.2) is 60.7 Å². The van der Waals surface area contributed by atoms with Crippen molar-refractivity contribution in [3.8, 4) is 0 Å². The minimum absolute atomic E-state index is 0.143. The lowest BCUT2D eigenvalue weighted by atomic mass is 10.1. The number of benzene rings is 2. The van der Waals surface area contributed by atoms with Crippen LogP contribution in [0.1, 0.15) is 17.5 Å². The smallest absolute Gasteiger partial charge is 0.228 e. The first-order chi connectivity index (χ1) is 11.2. The van der Waals surface area contributed by atoms with Crippen LogP contribution < -0.4 is 0 Å². The fourth-order valence-corrected chi connectivity index (χ4v) is 4.27. The molecule has 1 aliphatic rings. The molecule has 2 nitrogen and oxygen atoms in total. The van der Waals surface area contributed by atoms with Crippen LogP contribution in [-0.4, -0.2) is 26.9 Å². The molecule has 2 aromatic carbocycles. The number of thiocarbonyl (C=S) groups is 1. The van der Waals surface area contributed by atoms with E-state index < -0.39 is 0 Å². The molecule has 0 aromatic heterocycles. The van der Waals surface area contributed by atoms with E-state index in [0.717, 1.165) is 22.9 Å². The highest BCUT2D eigenvalue weighted by Gasteiger charge is 2.33. The minimum atomic E-state index is 0.143. The number of amides is 1. The molecule has 118 valence electrons. The van der Waals surface area contributed by atoms with Gasteiger partial charge in [0.15, 0.2) is 0 Å². The van der Waals surface area contributed by atoms with Crippen LogP contribution in [0.2, 0.25) is 0 Å². The zero-order chi connectivity index (χ0) is 16.1. The van der Waals surface area contributed by atoms with Crippen LogP contribution in [0.3, 0.4) is 0 Å². The second-order valence-corrected chi connectivity index (χ2v) is 7.32. The van der Waals surface area contributed by atoms with Crippen molar-refractivity contribution in [1.29, 1.82) is 0 Å². The lowest BCUT2D eigenvalue weighted by molar-refractivity contribution is -0.128. The number of carbonyl (C=O) groups is 1. The van der Waals surface area contributed by atoms with E-state index in [1.807, 2.05) is 41.3 Å². The van der Waals surface area contributed by atoms with E-state index in [2.05, 4.69) is 24.3 Å². The van der Waals surface area contributed by atoms with Gasteiger partial charge in [0.2, 0.25) is 5.91 Å². The summed E-state index contributed by atoms with van der Waals surface area (Å²) >= 11 is 7.03. The monoisotopic (exact) mass is 341 g/mol. The molecule has 0 radical (unpaired) electrons. The maximum absolute atomic E-state index is 12.7. The van der Waals surface area contributed by atoms with Gasteiger partial charge in [-0.05, 0) is 24.0 Å². The predicted octanol–water partition coefficient (Wildman–Crippen LogP) is 4.09. The molecular formula is C19H19NOS2. The Labute approximate surface area is 146 Å². The summed E-state index contributed by atoms with van der Waals surface area (Å²) in [4.78, 5) is 14.5. The van der Waals surface area contributed by atoms with Crippen LogP contribution in [0, 0.1) is 0 Å². The number of nitrogens with zero attached hydrogens (tertiary/aromatic N) is 1. The Balaban J connectivity index is 1.63. The van der Waals surface area contributed by atoms with Gasteiger partial charge in [-0.15, -0.1) is 0 Å². The Hall–Kier alpha value is -1.65. The summed E-state index contributed by atoms with van der Waals surface area (Å²) in [6.07, 6.45) is 2.14. The highest BCUT2D eigenvalue weighted by atomic mass is 32.2. The summed E-state index contributed by atoms with van der Waals surface area (Å²) in [6, 6.07) is 20.6. The fraction of sp³-hybridized carbons (Fsp3) is 0.263. The molecule has 1 aliphatic heterocycles. The zero-order valence-electron chi connectivity index (χ0n) is 12.9. The molecule has 0 aliphatic carbocycles. The molecule has 0 N–H and O–H groups in total. The summed E-state index contributed by atoms with van der Waals surface area (Å²) in [6.45, 7) is 0. The van der Waals surface area contributed by atoms with Crippen molar-refractivity contribution in [3.63, 3.8) is 0 Å². The molecule has 0 saturated carbocycles. The first kappa shape index (κ1) is 16.2. The molecule has 1 amide bonds. The quantitative estimate of drug-likeness (QED) is 0.764. The van der Waals surface area contributed by atoms with Crippen LogP contribution >= 0.6 is 24.0 Å². The van der Waals surface area contributed by atoms with Gasteiger partial charge in [0, 0.05) is 12.2 Å². The summed E-state index contributed by atoms with van der Waals surface area (Å²) in [5, 5.41) is 0. The fourth-order valence-electron chi connectivity index (χ4n) is 2.82.